The first-order chi connectivity index (χ1) is 4.62. The van der Waals surface area contributed by atoms with Crippen LogP contribution in [0.3, 0.4) is 0 Å². The Morgan fingerprint density at radius 1 is 1.45 bits per heavy atom. The van der Waals surface area contributed by atoms with E-state index in [0.29, 0.717) is 6.42 Å². The predicted octanol–water partition coefficient (Wildman–Crippen LogP) is -2.49. The minimum atomic E-state index is -3.41. The van der Waals surface area contributed by atoms with E-state index in [1.165, 1.54) is 0 Å². The monoisotopic (exact) mass is 191 g/mol. The van der Waals surface area contributed by atoms with Gasteiger partial charge in [-0.3, -0.25) is 0 Å². The van der Waals surface area contributed by atoms with Crippen LogP contribution in [-0.4, -0.2) is 14.2 Å². The molecule has 0 aliphatic heterocycles. The number of hydrogen-bond donors (Lipinski definition) is 1. The molecule has 64 valence electrons. The molecular weight excluding hydrogens is 177 g/mol. The molecule has 6 heteroatoms. The summed E-state index contributed by atoms with van der Waals surface area (Å²) in [5, 5.41) is 0. The molecule has 2 N–H and O–H groups in total. The molecule has 0 amide bonds. The normalized spacial score (nSPS) is 10.7. The molecule has 4 nitrogen and oxygen atoms in total. The second-order valence-corrected chi connectivity index (χ2v) is 3.78. The third-order valence-electron chi connectivity index (χ3n) is 1.14. The summed E-state index contributed by atoms with van der Waals surface area (Å²) < 4.78 is 24.8. The van der Waals surface area contributed by atoms with Crippen LogP contribution in [0.2, 0.25) is 0 Å². The van der Waals surface area contributed by atoms with Gasteiger partial charge in [0.2, 0.25) is 0 Å². The molecule has 0 aliphatic carbocycles. The number of hydrogen-bond acceptors (Lipinski definition) is 4. The number of unbranched alkanes of at least 4 members (excludes halogenated alkanes) is 2. The molecule has 0 bridgehead atoms. The summed E-state index contributed by atoms with van der Waals surface area (Å²) in [7, 11) is -3.41. The van der Waals surface area contributed by atoms with Gasteiger partial charge in [0, 0.05) is 0 Å². The molecule has 11 heavy (non-hydrogen) atoms. The molecule has 0 aromatic rings. The van der Waals surface area contributed by atoms with Crippen molar-refractivity contribution in [1.82, 2.24) is 0 Å². The number of rotatable bonds is 5. The molecular formula is C5H14NNaO3S. The van der Waals surface area contributed by atoms with Crippen molar-refractivity contribution in [3.8, 4) is 0 Å². The third-order valence-corrected chi connectivity index (χ3v) is 2.23. The van der Waals surface area contributed by atoms with E-state index in [2.05, 4.69) is 10.2 Å². The van der Waals surface area contributed by atoms with Crippen molar-refractivity contribution in [3.05, 3.63) is 0 Å². The van der Waals surface area contributed by atoms with Crippen LogP contribution in [0.25, 0.3) is 0 Å². The second-order valence-electron chi connectivity index (χ2n) is 2.07. The molecule has 0 saturated heterocycles. The van der Waals surface area contributed by atoms with E-state index < -0.39 is 10.1 Å². The summed E-state index contributed by atoms with van der Waals surface area (Å²) in [6.07, 6.45) is 2.50. The summed E-state index contributed by atoms with van der Waals surface area (Å²) in [6.45, 7) is 2.00. The van der Waals surface area contributed by atoms with Gasteiger partial charge < -0.3 is 1.43 Å². The maximum absolute atomic E-state index is 10.5. The maximum Gasteiger partial charge on any atom is 1.00 e. The standard InChI is InChI=1S/C5H13NO3S.Na.H/c1-2-3-4-5-10(7,8)9-6;;/h2-6H2,1H3;;/q;+1;-1. The van der Waals surface area contributed by atoms with Gasteiger partial charge in [-0.15, -0.1) is 0 Å². The Kier molecular flexibility index (Phi) is 9.84. The smallest absolute Gasteiger partial charge is 1.00 e. The van der Waals surface area contributed by atoms with E-state index in [-0.39, 0.29) is 36.7 Å². The van der Waals surface area contributed by atoms with Crippen LogP contribution in [0.5, 0.6) is 0 Å². The molecule has 0 aromatic carbocycles. The average molecular weight is 191 g/mol. The first-order valence-corrected chi connectivity index (χ1v) is 4.81. The summed E-state index contributed by atoms with van der Waals surface area (Å²) in [6, 6.07) is 0. The Balaban J connectivity index is -0.000000405. The van der Waals surface area contributed by atoms with Crippen molar-refractivity contribution in [2.24, 2.45) is 5.90 Å². The molecule has 0 unspecified atom stereocenters. The van der Waals surface area contributed by atoms with Gasteiger partial charge in [0.15, 0.2) is 0 Å². The van der Waals surface area contributed by atoms with Gasteiger partial charge in [0.25, 0.3) is 10.1 Å². The minimum Gasteiger partial charge on any atom is -1.00 e. The molecule has 0 saturated carbocycles. The summed E-state index contributed by atoms with van der Waals surface area (Å²) >= 11 is 0. The van der Waals surface area contributed by atoms with Gasteiger partial charge in [0.1, 0.15) is 0 Å². The van der Waals surface area contributed by atoms with E-state index in [4.69, 9.17) is 0 Å². The van der Waals surface area contributed by atoms with Crippen LogP contribution in [0.4, 0.5) is 0 Å². The first kappa shape index (κ1) is 14.4. The quantitative estimate of drug-likeness (QED) is 0.296. The fourth-order valence-corrected chi connectivity index (χ4v) is 1.23. The van der Waals surface area contributed by atoms with E-state index in [1.807, 2.05) is 6.92 Å². The number of nitrogens with two attached hydrogens (primary N) is 1. The van der Waals surface area contributed by atoms with E-state index in [1.54, 1.807) is 0 Å². The van der Waals surface area contributed by atoms with Crippen LogP contribution in [-0.2, 0) is 14.4 Å². The Bertz CT molecular complexity index is 174. The maximum atomic E-state index is 10.5. The fraction of sp³-hybridized carbons (Fsp3) is 1.00. The fourth-order valence-electron chi connectivity index (χ4n) is 0.577. The van der Waals surface area contributed by atoms with Gasteiger partial charge in [-0.05, 0) is 6.42 Å². The van der Waals surface area contributed by atoms with Crippen molar-refractivity contribution in [3.63, 3.8) is 0 Å². The zero-order valence-electron chi connectivity index (χ0n) is 8.04. The van der Waals surface area contributed by atoms with Crippen LogP contribution in [0.15, 0.2) is 0 Å². The van der Waals surface area contributed by atoms with E-state index >= 15 is 0 Å². The van der Waals surface area contributed by atoms with Crippen molar-refractivity contribution in [1.29, 1.82) is 0 Å². The average Bonchev–Trinajstić information content (AvgIpc) is 1.89. The topological polar surface area (TPSA) is 69.4 Å². The van der Waals surface area contributed by atoms with Crippen LogP contribution in [0, 0.1) is 0 Å². The molecule has 0 heterocycles. The Hall–Kier alpha value is 0.870. The summed E-state index contributed by atoms with van der Waals surface area (Å²) in [4.78, 5) is 0. The van der Waals surface area contributed by atoms with Crippen LogP contribution < -0.4 is 35.5 Å². The second kappa shape index (κ2) is 7.52. The van der Waals surface area contributed by atoms with Crippen molar-refractivity contribution >= 4 is 10.1 Å². The Morgan fingerprint density at radius 3 is 2.36 bits per heavy atom. The van der Waals surface area contributed by atoms with Gasteiger partial charge in [-0.2, -0.15) is 18.6 Å². The molecule has 0 fully saturated rings. The van der Waals surface area contributed by atoms with Crippen LogP contribution in [0.1, 0.15) is 27.6 Å². The Labute approximate surface area is 91.3 Å². The largest absolute Gasteiger partial charge is 1.00 e. The van der Waals surface area contributed by atoms with E-state index in [9.17, 15) is 8.42 Å². The van der Waals surface area contributed by atoms with E-state index in [0.717, 1.165) is 12.8 Å². The van der Waals surface area contributed by atoms with Crippen molar-refractivity contribution < 1.29 is 43.7 Å². The zero-order valence-corrected chi connectivity index (χ0v) is 9.86. The van der Waals surface area contributed by atoms with Gasteiger partial charge in [0.05, 0.1) is 5.75 Å². The Morgan fingerprint density at radius 2 is 2.00 bits per heavy atom. The molecule has 0 spiro atoms. The molecule has 0 rings (SSSR count). The van der Waals surface area contributed by atoms with Gasteiger partial charge in [-0.25, -0.2) is 0 Å². The van der Waals surface area contributed by atoms with Crippen LogP contribution >= 0.6 is 0 Å². The third kappa shape index (κ3) is 8.78. The van der Waals surface area contributed by atoms with Crippen molar-refractivity contribution in [2.45, 2.75) is 26.2 Å². The van der Waals surface area contributed by atoms with Crippen molar-refractivity contribution in [2.75, 3.05) is 5.75 Å². The molecule has 0 aromatic heterocycles. The SMILES string of the molecule is CCCCCS(=O)(=O)ON.[H-].[Na+]. The van der Waals surface area contributed by atoms with Gasteiger partial charge in [-0.1, -0.05) is 19.8 Å². The molecule has 0 atom stereocenters. The first-order valence-electron chi connectivity index (χ1n) is 3.23. The molecule has 0 aliphatic rings. The predicted molar refractivity (Wildman–Crippen MR) is 39.7 cm³/mol. The minimum absolute atomic E-state index is 0. The zero-order chi connectivity index (χ0) is 8.04. The van der Waals surface area contributed by atoms with Gasteiger partial charge >= 0.3 is 29.6 Å². The summed E-state index contributed by atoms with van der Waals surface area (Å²) in [5.41, 5.74) is 0. The molecule has 0 radical (unpaired) electrons. The summed E-state index contributed by atoms with van der Waals surface area (Å²) in [5.74, 6) is 4.53.